The van der Waals surface area contributed by atoms with Gasteiger partial charge in [0.05, 0.1) is 18.3 Å². The number of nitrogens with one attached hydrogen (secondary N) is 1. The van der Waals surface area contributed by atoms with Crippen LogP contribution in [0, 0.1) is 13.8 Å². The number of aryl methyl sites for hydroxylation is 2. The number of carbonyl (C=O) groups is 1. The lowest BCUT2D eigenvalue weighted by atomic mass is 10.00. The zero-order chi connectivity index (χ0) is 21.4. The van der Waals surface area contributed by atoms with Gasteiger partial charge in [-0.3, -0.25) is 0 Å². The highest BCUT2D eigenvalue weighted by atomic mass is 16.2. The first-order valence-electron chi connectivity index (χ1n) is 10.6. The van der Waals surface area contributed by atoms with E-state index in [2.05, 4.69) is 71.5 Å². The van der Waals surface area contributed by atoms with E-state index < -0.39 is 0 Å². The number of hydrogen-bond acceptors (Lipinski definition) is 1. The van der Waals surface area contributed by atoms with Gasteiger partial charge in [-0.2, -0.15) is 0 Å². The van der Waals surface area contributed by atoms with Crippen LogP contribution in [-0.2, 0) is 6.54 Å². The molecule has 154 valence electrons. The second kappa shape index (κ2) is 7.80. The van der Waals surface area contributed by atoms with Crippen LogP contribution in [0.25, 0.3) is 5.69 Å². The second-order valence-electron chi connectivity index (χ2n) is 8.17. The van der Waals surface area contributed by atoms with Crippen LogP contribution >= 0.6 is 0 Å². The van der Waals surface area contributed by atoms with E-state index in [1.165, 1.54) is 5.56 Å². The van der Waals surface area contributed by atoms with Gasteiger partial charge in [-0.1, -0.05) is 65.7 Å². The third kappa shape index (κ3) is 3.61. The number of rotatable bonds is 2. The Bertz CT molecular complexity index is 1240. The highest BCUT2D eigenvalue weighted by Crippen LogP contribution is 2.37. The van der Waals surface area contributed by atoms with Crippen LogP contribution < -0.4 is 5.32 Å². The molecule has 1 aromatic heterocycles. The molecule has 3 aromatic carbocycles. The lowest BCUT2D eigenvalue weighted by molar-refractivity contribution is 0.194. The molecule has 1 unspecified atom stereocenters. The van der Waals surface area contributed by atoms with Crippen LogP contribution in [0.15, 0.2) is 91.1 Å². The van der Waals surface area contributed by atoms with Crippen molar-refractivity contribution in [2.24, 2.45) is 0 Å². The molecule has 1 aliphatic rings. The molecule has 0 saturated heterocycles. The maximum absolute atomic E-state index is 13.6. The van der Waals surface area contributed by atoms with Gasteiger partial charge in [0.15, 0.2) is 0 Å². The van der Waals surface area contributed by atoms with Crippen molar-refractivity contribution >= 4 is 11.7 Å². The van der Waals surface area contributed by atoms with Gasteiger partial charge in [-0.15, -0.1) is 0 Å². The molecule has 0 radical (unpaired) electrons. The van der Waals surface area contributed by atoms with Crippen LogP contribution in [-0.4, -0.2) is 15.5 Å². The number of fused-ring (bicyclic) bond motifs is 3. The van der Waals surface area contributed by atoms with E-state index in [1.54, 1.807) is 0 Å². The van der Waals surface area contributed by atoms with Gasteiger partial charge in [0.1, 0.15) is 0 Å². The standard InChI is InChI=1S/C27H25N3O/c1-19-12-14-23(15-13-19)28-27(31)30-18-22-8-3-4-10-24(22)29-16-6-11-25(29)26(30)21-9-5-7-20(2)17-21/h3-17,26H,18H2,1-2H3,(H,28,31). The second-order valence-corrected chi connectivity index (χ2v) is 8.17. The van der Waals surface area contributed by atoms with E-state index >= 15 is 0 Å². The number of benzene rings is 3. The van der Waals surface area contributed by atoms with Gasteiger partial charge in [-0.05, 0) is 55.3 Å². The van der Waals surface area contributed by atoms with Gasteiger partial charge in [-0.25, -0.2) is 4.79 Å². The molecule has 2 amide bonds. The Morgan fingerprint density at radius 3 is 2.48 bits per heavy atom. The van der Waals surface area contributed by atoms with Crippen molar-refractivity contribution in [1.82, 2.24) is 9.47 Å². The summed E-state index contributed by atoms with van der Waals surface area (Å²) in [5.41, 5.74) is 7.56. The van der Waals surface area contributed by atoms with E-state index in [4.69, 9.17) is 0 Å². The Balaban J connectivity index is 1.63. The molecule has 0 spiro atoms. The minimum Gasteiger partial charge on any atom is -0.318 e. The number of anilines is 1. The lowest BCUT2D eigenvalue weighted by Crippen LogP contribution is -2.37. The van der Waals surface area contributed by atoms with Crippen molar-refractivity contribution in [2.75, 3.05) is 5.32 Å². The minimum absolute atomic E-state index is 0.111. The number of amides is 2. The zero-order valence-corrected chi connectivity index (χ0v) is 17.7. The Hall–Kier alpha value is -3.79. The predicted molar refractivity (Wildman–Crippen MR) is 125 cm³/mol. The normalized spacial score (nSPS) is 15.0. The smallest absolute Gasteiger partial charge is 0.318 e. The molecule has 2 heterocycles. The predicted octanol–water partition coefficient (Wildman–Crippen LogP) is 6.23. The fourth-order valence-electron chi connectivity index (χ4n) is 4.36. The van der Waals surface area contributed by atoms with Crippen LogP contribution in [0.3, 0.4) is 0 Å². The van der Waals surface area contributed by atoms with Crippen molar-refractivity contribution in [2.45, 2.75) is 26.4 Å². The third-order valence-corrected chi connectivity index (χ3v) is 5.89. The number of hydrogen-bond donors (Lipinski definition) is 1. The Morgan fingerprint density at radius 1 is 0.871 bits per heavy atom. The Kier molecular flexibility index (Phi) is 4.83. The van der Waals surface area contributed by atoms with Crippen molar-refractivity contribution < 1.29 is 4.79 Å². The van der Waals surface area contributed by atoms with Crippen LogP contribution in [0.1, 0.15) is 34.0 Å². The molecule has 0 bridgehead atoms. The van der Waals surface area contributed by atoms with Gasteiger partial charge in [0.25, 0.3) is 0 Å². The molecule has 0 aliphatic carbocycles. The molecule has 31 heavy (non-hydrogen) atoms. The summed E-state index contributed by atoms with van der Waals surface area (Å²) in [5.74, 6) is 0. The third-order valence-electron chi connectivity index (χ3n) is 5.89. The van der Waals surface area contributed by atoms with Crippen molar-refractivity contribution in [3.8, 4) is 5.69 Å². The molecule has 1 atom stereocenters. The summed E-state index contributed by atoms with van der Waals surface area (Å²) in [5, 5.41) is 3.11. The summed E-state index contributed by atoms with van der Waals surface area (Å²) in [4.78, 5) is 15.6. The van der Waals surface area contributed by atoms with Gasteiger partial charge in [0, 0.05) is 17.6 Å². The maximum atomic E-state index is 13.6. The van der Waals surface area contributed by atoms with Crippen LogP contribution in [0.4, 0.5) is 10.5 Å². The number of nitrogens with zero attached hydrogens (tertiary/aromatic N) is 2. The monoisotopic (exact) mass is 407 g/mol. The fourth-order valence-corrected chi connectivity index (χ4v) is 4.36. The molecular weight excluding hydrogens is 382 g/mol. The minimum atomic E-state index is -0.201. The molecule has 4 aromatic rings. The molecular formula is C27H25N3O. The molecule has 0 saturated carbocycles. The summed E-state index contributed by atoms with van der Waals surface area (Å²) in [6.45, 7) is 4.65. The van der Waals surface area contributed by atoms with E-state index in [-0.39, 0.29) is 12.1 Å². The summed E-state index contributed by atoms with van der Waals surface area (Å²) in [7, 11) is 0. The highest BCUT2D eigenvalue weighted by Gasteiger charge is 2.33. The average Bonchev–Trinajstić information content (AvgIpc) is 3.19. The fraction of sp³-hybridized carbons (Fsp3) is 0.148. The lowest BCUT2D eigenvalue weighted by Gasteiger charge is -2.31. The molecule has 4 nitrogen and oxygen atoms in total. The highest BCUT2D eigenvalue weighted by molar-refractivity contribution is 5.90. The largest absolute Gasteiger partial charge is 0.322 e. The first-order chi connectivity index (χ1) is 15.1. The van der Waals surface area contributed by atoms with Crippen LogP contribution in [0.5, 0.6) is 0 Å². The summed E-state index contributed by atoms with van der Waals surface area (Å²) in [6.07, 6.45) is 2.08. The number of urea groups is 1. The molecule has 1 N–H and O–H groups in total. The molecule has 1 aliphatic heterocycles. The van der Waals surface area contributed by atoms with E-state index in [0.717, 1.165) is 33.8 Å². The Labute approximate surface area is 182 Å². The maximum Gasteiger partial charge on any atom is 0.322 e. The van der Waals surface area contributed by atoms with E-state index in [0.29, 0.717) is 6.54 Å². The van der Waals surface area contributed by atoms with Crippen molar-refractivity contribution in [1.29, 1.82) is 0 Å². The molecule has 0 fully saturated rings. The number of para-hydroxylation sites is 1. The quantitative estimate of drug-likeness (QED) is 0.420. The summed E-state index contributed by atoms with van der Waals surface area (Å²) >= 11 is 0. The Morgan fingerprint density at radius 2 is 1.68 bits per heavy atom. The summed E-state index contributed by atoms with van der Waals surface area (Å²) in [6, 6.07) is 28.5. The summed E-state index contributed by atoms with van der Waals surface area (Å²) < 4.78 is 2.21. The number of carbonyl (C=O) groups excluding carboxylic acids is 1. The van der Waals surface area contributed by atoms with Crippen molar-refractivity contribution in [3.63, 3.8) is 0 Å². The van der Waals surface area contributed by atoms with Gasteiger partial charge < -0.3 is 14.8 Å². The van der Waals surface area contributed by atoms with Crippen LogP contribution in [0.2, 0.25) is 0 Å². The van der Waals surface area contributed by atoms with Crippen molar-refractivity contribution in [3.05, 3.63) is 119 Å². The van der Waals surface area contributed by atoms with E-state index in [9.17, 15) is 4.79 Å². The molecule has 4 heteroatoms. The van der Waals surface area contributed by atoms with Gasteiger partial charge in [0.2, 0.25) is 0 Å². The zero-order valence-electron chi connectivity index (χ0n) is 17.7. The van der Waals surface area contributed by atoms with Gasteiger partial charge >= 0.3 is 6.03 Å². The number of aromatic nitrogens is 1. The first-order valence-corrected chi connectivity index (χ1v) is 10.6. The first kappa shape index (κ1) is 19.2. The SMILES string of the molecule is Cc1ccc(NC(=O)N2Cc3ccccc3-n3cccc3C2c2cccc(C)c2)cc1. The van der Waals surface area contributed by atoms with E-state index in [1.807, 2.05) is 48.2 Å². The topological polar surface area (TPSA) is 37.3 Å². The average molecular weight is 408 g/mol. The molecule has 5 rings (SSSR count).